The first-order valence-electron chi connectivity index (χ1n) is 13.3. The third-order valence-corrected chi connectivity index (χ3v) is 8.19. The van der Waals surface area contributed by atoms with E-state index in [9.17, 15) is 14.4 Å². The smallest absolute Gasteiger partial charge is 0.262 e. The van der Waals surface area contributed by atoms with E-state index < -0.39 is 0 Å². The Morgan fingerprint density at radius 3 is 2.83 bits per heavy atom. The quantitative estimate of drug-likeness (QED) is 0.180. The summed E-state index contributed by atoms with van der Waals surface area (Å²) < 4.78 is 12.7. The van der Waals surface area contributed by atoms with E-state index in [0.717, 1.165) is 63.9 Å². The van der Waals surface area contributed by atoms with Gasteiger partial charge in [0.25, 0.3) is 11.5 Å². The number of thioether (sulfide) groups is 2. The van der Waals surface area contributed by atoms with E-state index in [0.29, 0.717) is 46.3 Å². The molecule has 0 radical (unpaired) electrons. The summed E-state index contributed by atoms with van der Waals surface area (Å²) in [5, 5.41) is 8.51. The lowest BCUT2D eigenvalue weighted by atomic mass is 10.1. The van der Waals surface area contributed by atoms with Crippen LogP contribution in [0.1, 0.15) is 29.6 Å². The number of rotatable bonds is 13. The molecule has 3 heterocycles. The molecule has 2 aliphatic rings. The number of nitrogens with zero attached hydrogens (tertiary/aromatic N) is 3. The molecular formula is C27H36N6O5S2. The van der Waals surface area contributed by atoms with Crippen LogP contribution in [-0.2, 0) is 20.8 Å². The third-order valence-electron chi connectivity index (χ3n) is 6.53. The predicted molar refractivity (Wildman–Crippen MR) is 158 cm³/mol. The molecule has 0 spiro atoms. The molecule has 2 saturated heterocycles. The number of aromatic nitrogens is 2. The average Bonchev–Trinajstić information content (AvgIpc) is 3.48. The van der Waals surface area contributed by atoms with Crippen LogP contribution in [0.3, 0.4) is 0 Å². The fourth-order valence-corrected chi connectivity index (χ4v) is 5.73. The standard InChI is InChI=1S/C27H36N6O5S2/c1-19(39-15-7-28)30-24(34)18-40-27-31-23-16-20(25(35)29-8-3-9-32-10-13-37-14-11-32)5-6-22(23)26(36)33(27)17-21-4-2-12-38-21/h5-7,15-16,21H,1-4,8-14,17-18,28H2,(H,29,35)(H,30,34)/b15-7-. The number of carbonyl (C=O) groups is 2. The molecule has 4 N–H and O–H groups in total. The van der Waals surface area contributed by atoms with Gasteiger partial charge in [0, 0.05) is 38.0 Å². The molecule has 2 aromatic rings. The minimum atomic E-state index is -0.281. The summed E-state index contributed by atoms with van der Waals surface area (Å²) in [5.41, 5.74) is 5.94. The minimum absolute atomic E-state index is 0.0265. The molecule has 1 atom stereocenters. The van der Waals surface area contributed by atoms with Gasteiger partial charge < -0.3 is 25.8 Å². The summed E-state index contributed by atoms with van der Waals surface area (Å²) in [6.07, 6.45) is 3.90. The lowest BCUT2D eigenvalue weighted by molar-refractivity contribution is -0.117. The van der Waals surface area contributed by atoms with E-state index in [4.69, 9.17) is 20.2 Å². The van der Waals surface area contributed by atoms with Crippen molar-refractivity contribution in [3.05, 3.63) is 57.3 Å². The van der Waals surface area contributed by atoms with Crippen molar-refractivity contribution in [1.82, 2.24) is 25.1 Å². The number of benzene rings is 1. The highest BCUT2D eigenvalue weighted by Crippen LogP contribution is 2.22. The SMILES string of the molecule is C=C(NC(=O)CSc1nc2cc(C(=O)NCCCN3CCOCC3)ccc2c(=O)n1CC1CCCO1)S/C=C\N. The van der Waals surface area contributed by atoms with Gasteiger partial charge in [-0.1, -0.05) is 30.1 Å². The Morgan fingerprint density at radius 1 is 1.25 bits per heavy atom. The molecule has 1 unspecified atom stereocenters. The fourth-order valence-electron chi connectivity index (χ4n) is 4.51. The van der Waals surface area contributed by atoms with E-state index in [1.807, 2.05) is 0 Å². The van der Waals surface area contributed by atoms with Gasteiger partial charge in [0.1, 0.15) is 0 Å². The first-order valence-corrected chi connectivity index (χ1v) is 15.2. The van der Waals surface area contributed by atoms with Crippen molar-refractivity contribution in [2.75, 3.05) is 51.8 Å². The zero-order valence-corrected chi connectivity index (χ0v) is 24.1. The fraction of sp³-hybridized carbons (Fsp3) is 0.481. The Balaban J connectivity index is 1.46. The van der Waals surface area contributed by atoms with Crippen LogP contribution in [0.15, 0.2) is 51.4 Å². The van der Waals surface area contributed by atoms with Crippen LogP contribution in [0, 0.1) is 0 Å². The molecule has 1 aromatic carbocycles. The van der Waals surface area contributed by atoms with Crippen molar-refractivity contribution in [1.29, 1.82) is 0 Å². The molecule has 4 rings (SSSR count). The van der Waals surface area contributed by atoms with Gasteiger partial charge in [-0.25, -0.2) is 4.98 Å². The Morgan fingerprint density at radius 2 is 2.08 bits per heavy atom. The molecular weight excluding hydrogens is 552 g/mol. The first kappa shape index (κ1) is 30.1. The second-order valence-corrected chi connectivity index (χ2v) is 11.4. The number of hydrogen-bond acceptors (Lipinski definition) is 10. The molecule has 11 nitrogen and oxygen atoms in total. The summed E-state index contributed by atoms with van der Waals surface area (Å²) in [6, 6.07) is 4.93. The average molecular weight is 589 g/mol. The van der Waals surface area contributed by atoms with E-state index in [1.165, 1.54) is 18.0 Å². The van der Waals surface area contributed by atoms with Gasteiger partial charge in [-0.15, -0.1) is 0 Å². The summed E-state index contributed by atoms with van der Waals surface area (Å²) in [4.78, 5) is 45.9. The van der Waals surface area contributed by atoms with Crippen LogP contribution in [0.25, 0.3) is 10.9 Å². The first-order chi connectivity index (χ1) is 19.4. The Labute approximate surface area is 241 Å². The highest BCUT2D eigenvalue weighted by atomic mass is 32.2. The number of hydrogen-bond donors (Lipinski definition) is 3. The number of carbonyl (C=O) groups excluding carboxylic acids is 2. The minimum Gasteiger partial charge on any atom is -0.404 e. The van der Waals surface area contributed by atoms with E-state index in [-0.39, 0.29) is 29.2 Å². The van der Waals surface area contributed by atoms with Crippen molar-refractivity contribution >= 4 is 46.2 Å². The molecule has 2 amide bonds. The summed E-state index contributed by atoms with van der Waals surface area (Å²) in [5.74, 6) is -0.472. The van der Waals surface area contributed by atoms with Gasteiger partial charge in [-0.2, -0.15) is 0 Å². The van der Waals surface area contributed by atoms with E-state index in [2.05, 4.69) is 22.1 Å². The summed E-state index contributed by atoms with van der Waals surface area (Å²) in [7, 11) is 0. The maximum atomic E-state index is 13.5. The molecule has 1 aromatic heterocycles. The van der Waals surface area contributed by atoms with Crippen molar-refractivity contribution in [2.45, 2.75) is 37.1 Å². The van der Waals surface area contributed by atoms with Crippen LogP contribution in [-0.4, -0.2) is 84.1 Å². The summed E-state index contributed by atoms with van der Waals surface area (Å²) in [6.45, 7) is 9.56. The van der Waals surface area contributed by atoms with Gasteiger partial charge in [-0.05, 0) is 49.4 Å². The van der Waals surface area contributed by atoms with Crippen LogP contribution >= 0.6 is 23.5 Å². The molecule has 2 aliphatic heterocycles. The zero-order valence-electron chi connectivity index (χ0n) is 22.4. The number of ether oxygens (including phenoxy) is 2. The van der Waals surface area contributed by atoms with Crippen molar-refractivity contribution in [3.8, 4) is 0 Å². The molecule has 216 valence electrons. The van der Waals surface area contributed by atoms with Crippen LogP contribution in [0.2, 0.25) is 0 Å². The molecule has 2 fully saturated rings. The van der Waals surface area contributed by atoms with Crippen LogP contribution in [0.5, 0.6) is 0 Å². The van der Waals surface area contributed by atoms with Gasteiger partial charge in [0.05, 0.1) is 47.5 Å². The molecule has 40 heavy (non-hydrogen) atoms. The van der Waals surface area contributed by atoms with Gasteiger partial charge in [-0.3, -0.25) is 23.9 Å². The second-order valence-electron chi connectivity index (χ2n) is 9.45. The van der Waals surface area contributed by atoms with Gasteiger partial charge >= 0.3 is 0 Å². The normalized spacial score (nSPS) is 17.9. The number of amides is 2. The monoisotopic (exact) mass is 588 g/mol. The van der Waals surface area contributed by atoms with Crippen LogP contribution < -0.4 is 21.9 Å². The maximum Gasteiger partial charge on any atom is 0.262 e. The van der Waals surface area contributed by atoms with Crippen molar-refractivity contribution < 1.29 is 19.1 Å². The summed E-state index contributed by atoms with van der Waals surface area (Å²) >= 11 is 2.35. The zero-order chi connectivity index (χ0) is 28.3. The molecule has 0 bridgehead atoms. The number of morpholine rings is 1. The largest absolute Gasteiger partial charge is 0.404 e. The number of nitrogens with two attached hydrogens (primary N) is 1. The molecule has 13 heteroatoms. The van der Waals surface area contributed by atoms with E-state index in [1.54, 1.807) is 28.2 Å². The van der Waals surface area contributed by atoms with Crippen LogP contribution in [0.4, 0.5) is 0 Å². The van der Waals surface area contributed by atoms with Gasteiger partial charge in [0.15, 0.2) is 5.16 Å². The Hall–Kier alpha value is -2.84. The lowest BCUT2D eigenvalue weighted by Crippen LogP contribution is -2.38. The second kappa shape index (κ2) is 15.2. The topological polar surface area (TPSA) is 141 Å². The van der Waals surface area contributed by atoms with Crippen molar-refractivity contribution in [2.24, 2.45) is 5.73 Å². The third kappa shape index (κ3) is 8.58. The van der Waals surface area contributed by atoms with Gasteiger partial charge in [0.2, 0.25) is 5.91 Å². The number of nitrogens with one attached hydrogen (secondary N) is 2. The molecule has 0 aliphatic carbocycles. The maximum absolute atomic E-state index is 13.5. The number of fused-ring (bicyclic) bond motifs is 1. The highest BCUT2D eigenvalue weighted by Gasteiger charge is 2.21. The Kier molecular flexibility index (Phi) is 11.5. The molecule has 0 saturated carbocycles. The Bertz CT molecular complexity index is 1290. The van der Waals surface area contributed by atoms with E-state index >= 15 is 0 Å². The lowest BCUT2D eigenvalue weighted by Gasteiger charge is -2.26. The predicted octanol–water partition coefficient (Wildman–Crippen LogP) is 1.87. The van der Waals surface area contributed by atoms with Crippen molar-refractivity contribution in [3.63, 3.8) is 0 Å². The highest BCUT2D eigenvalue weighted by molar-refractivity contribution is 8.05.